The van der Waals surface area contributed by atoms with E-state index in [1.165, 1.54) is 24.3 Å². The molecule has 0 heterocycles. The molecule has 0 fully saturated rings. The standard InChI is InChI=1S/C14H10Cl2F3NO/c15-11-3-1-2-10(12(11)16)13(20)8-4-6-9(7-5-8)21-14(17,18)19/h1-7,13H,20H2/t13-/m1/s1. The maximum Gasteiger partial charge on any atom is 0.573 e. The number of hydrogen-bond donors (Lipinski definition) is 1. The number of alkyl halides is 3. The Balaban J connectivity index is 2.24. The zero-order valence-corrected chi connectivity index (χ0v) is 12.0. The molecule has 0 aliphatic heterocycles. The quantitative estimate of drug-likeness (QED) is 0.862. The first-order chi connectivity index (χ1) is 9.78. The van der Waals surface area contributed by atoms with Gasteiger partial charge in [-0.2, -0.15) is 0 Å². The van der Waals surface area contributed by atoms with Gasteiger partial charge in [0.15, 0.2) is 0 Å². The van der Waals surface area contributed by atoms with Crippen LogP contribution in [0.1, 0.15) is 17.2 Å². The Morgan fingerprint density at radius 3 is 2.19 bits per heavy atom. The summed E-state index contributed by atoms with van der Waals surface area (Å²) in [5.41, 5.74) is 7.24. The second-order valence-corrected chi connectivity index (χ2v) is 5.02. The normalized spacial score (nSPS) is 13.0. The van der Waals surface area contributed by atoms with E-state index < -0.39 is 12.4 Å². The van der Waals surface area contributed by atoms with Crippen LogP contribution in [-0.2, 0) is 0 Å². The number of rotatable bonds is 3. The highest BCUT2D eigenvalue weighted by Crippen LogP contribution is 2.32. The van der Waals surface area contributed by atoms with Gasteiger partial charge in [0.1, 0.15) is 5.75 Å². The van der Waals surface area contributed by atoms with Crippen LogP contribution >= 0.6 is 23.2 Å². The van der Waals surface area contributed by atoms with Crippen molar-refractivity contribution in [1.29, 1.82) is 0 Å². The van der Waals surface area contributed by atoms with E-state index in [9.17, 15) is 13.2 Å². The molecule has 0 spiro atoms. The molecule has 0 radical (unpaired) electrons. The van der Waals surface area contributed by atoms with Crippen LogP contribution in [-0.4, -0.2) is 6.36 Å². The minimum atomic E-state index is -4.72. The Bertz CT molecular complexity index is 629. The fraction of sp³-hybridized carbons (Fsp3) is 0.143. The van der Waals surface area contributed by atoms with E-state index in [-0.39, 0.29) is 5.75 Å². The second kappa shape index (κ2) is 6.13. The fourth-order valence-electron chi connectivity index (χ4n) is 1.82. The number of ether oxygens (including phenoxy) is 1. The Kier molecular flexibility index (Phi) is 4.66. The van der Waals surface area contributed by atoms with Gasteiger partial charge in [-0.25, -0.2) is 0 Å². The van der Waals surface area contributed by atoms with E-state index in [2.05, 4.69) is 4.74 Å². The molecule has 0 amide bonds. The molecule has 1 atom stereocenters. The Morgan fingerprint density at radius 1 is 1.00 bits per heavy atom. The molecule has 2 rings (SSSR count). The summed E-state index contributed by atoms with van der Waals surface area (Å²) in [5.74, 6) is -0.310. The summed E-state index contributed by atoms with van der Waals surface area (Å²) in [5, 5.41) is 0.684. The van der Waals surface area contributed by atoms with Gasteiger partial charge in [0, 0.05) is 0 Å². The molecule has 21 heavy (non-hydrogen) atoms. The third-order valence-electron chi connectivity index (χ3n) is 2.79. The number of benzene rings is 2. The van der Waals surface area contributed by atoms with E-state index >= 15 is 0 Å². The lowest BCUT2D eigenvalue weighted by Gasteiger charge is -2.16. The molecule has 0 aliphatic rings. The van der Waals surface area contributed by atoms with Crippen LogP contribution < -0.4 is 10.5 Å². The van der Waals surface area contributed by atoms with Gasteiger partial charge in [0.2, 0.25) is 0 Å². The fourth-order valence-corrected chi connectivity index (χ4v) is 2.24. The van der Waals surface area contributed by atoms with Crippen molar-refractivity contribution in [1.82, 2.24) is 0 Å². The Morgan fingerprint density at radius 2 is 1.62 bits per heavy atom. The van der Waals surface area contributed by atoms with E-state index in [0.29, 0.717) is 21.2 Å². The van der Waals surface area contributed by atoms with Gasteiger partial charge < -0.3 is 10.5 Å². The van der Waals surface area contributed by atoms with Crippen molar-refractivity contribution < 1.29 is 17.9 Å². The molecular formula is C14H10Cl2F3NO. The first-order valence-corrected chi connectivity index (χ1v) is 6.59. The van der Waals surface area contributed by atoms with Crippen LogP contribution in [0.4, 0.5) is 13.2 Å². The number of hydrogen-bond acceptors (Lipinski definition) is 2. The summed E-state index contributed by atoms with van der Waals surface area (Å²) in [7, 11) is 0. The van der Waals surface area contributed by atoms with Gasteiger partial charge in [-0.3, -0.25) is 0 Å². The van der Waals surface area contributed by atoms with Crippen LogP contribution in [0.5, 0.6) is 5.75 Å². The van der Waals surface area contributed by atoms with E-state index in [1.807, 2.05) is 0 Å². The van der Waals surface area contributed by atoms with Gasteiger partial charge in [-0.15, -0.1) is 13.2 Å². The zero-order valence-electron chi connectivity index (χ0n) is 10.5. The molecule has 2 nitrogen and oxygen atoms in total. The van der Waals surface area contributed by atoms with Gasteiger partial charge in [-0.1, -0.05) is 47.5 Å². The minimum absolute atomic E-state index is 0.310. The smallest absolute Gasteiger partial charge is 0.406 e. The van der Waals surface area contributed by atoms with Crippen molar-refractivity contribution in [3.63, 3.8) is 0 Å². The monoisotopic (exact) mass is 335 g/mol. The van der Waals surface area contributed by atoms with E-state index in [4.69, 9.17) is 28.9 Å². The van der Waals surface area contributed by atoms with Crippen molar-refractivity contribution in [2.45, 2.75) is 12.4 Å². The number of nitrogens with two attached hydrogens (primary N) is 1. The SMILES string of the molecule is N[C@H](c1ccc(OC(F)(F)F)cc1)c1cccc(Cl)c1Cl. The maximum absolute atomic E-state index is 12.1. The third-order valence-corrected chi connectivity index (χ3v) is 3.62. The molecular weight excluding hydrogens is 326 g/mol. The van der Waals surface area contributed by atoms with Crippen molar-refractivity contribution in [2.24, 2.45) is 5.73 Å². The highest BCUT2D eigenvalue weighted by Gasteiger charge is 2.31. The number of halogens is 5. The lowest BCUT2D eigenvalue weighted by molar-refractivity contribution is -0.274. The molecule has 7 heteroatoms. The molecule has 2 N–H and O–H groups in total. The van der Waals surface area contributed by atoms with Gasteiger partial charge in [0.25, 0.3) is 0 Å². The minimum Gasteiger partial charge on any atom is -0.406 e. The largest absolute Gasteiger partial charge is 0.573 e. The van der Waals surface area contributed by atoms with Crippen LogP contribution in [0.25, 0.3) is 0 Å². The average Bonchev–Trinajstić information content (AvgIpc) is 2.40. The summed E-state index contributed by atoms with van der Waals surface area (Å²) in [6.45, 7) is 0. The predicted molar refractivity (Wildman–Crippen MR) is 75.6 cm³/mol. The van der Waals surface area contributed by atoms with Gasteiger partial charge in [-0.05, 0) is 29.3 Å². The highest BCUT2D eigenvalue weighted by molar-refractivity contribution is 6.42. The van der Waals surface area contributed by atoms with Crippen molar-refractivity contribution in [2.75, 3.05) is 0 Å². The summed E-state index contributed by atoms with van der Waals surface area (Å²) >= 11 is 12.0. The topological polar surface area (TPSA) is 35.2 Å². The summed E-state index contributed by atoms with van der Waals surface area (Å²) in [6.07, 6.45) is -4.72. The lowest BCUT2D eigenvalue weighted by atomic mass is 9.99. The molecule has 0 saturated carbocycles. The van der Waals surface area contributed by atoms with Crippen LogP contribution in [0, 0.1) is 0 Å². The predicted octanol–water partition coefficient (Wildman–Crippen LogP) is 4.94. The molecule has 0 bridgehead atoms. The second-order valence-electron chi connectivity index (χ2n) is 4.24. The first kappa shape index (κ1) is 15.9. The summed E-state index contributed by atoms with van der Waals surface area (Å²) < 4.78 is 40.0. The zero-order chi connectivity index (χ0) is 15.6. The molecule has 0 aromatic heterocycles. The molecule has 0 unspecified atom stereocenters. The van der Waals surface area contributed by atoms with E-state index in [0.717, 1.165) is 0 Å². The van der Waals surface area contributed by atoms with Gasteiger partial charge >= 0.3 is 6.36 Å². The molecule has 2 aromatic rings. The summed E-state index contributed by atoms with van der Waals surface area (Å²) in [4.78, 5) is 0. The maximum atomic E-state index is 12.1. The summed E-state index contributed by atoms with van der Waals surface area (Å²) in [6, 6.07) is 9.72. The van der Waals surface area contributed by atoms with Crippen LogP contribution in [0.3, 0.4) is 0 Å². The Hall–Kier alpha value is -1.43. The van der Waals surface area contributed by atoms with Crippen molar-refractivity contribution in [3.05, 3.63) is 63.6 Å². The first-order valence-electron chi connectivity index (χ1n) is 5.83. The van der Waals surface area contributed by atoms with E-state index in [1.54, 1.807) is 18.2 Å². The van der Waals surface area contributed by atoms with Crippen LogP contribution in [0.2, 0.25) is 10.0 Å². The molecule has 0 aliphatic carbocycles. The van der Waals surface area contributed by atoms with Gasteiger partial charge in [0.05, 0.1) is 16.1 Å². The average molecular weight is 336 g/mol. The van der Waals surface area contributed by atoms with Crippen LogP contribution in [0.15, 0.2) is 42.5 Å². The molecule has 112 valence electrons. The Labute approximate surface area is 129 Å². The lowest BCUT2D eigenvalue weighted by Crippen LogP contribution is -2.17. The highest BCUT2D eigenvalue weighted by atomic mass is 35.5. The third kappa shape index (κ3) is 4.03. The van der Waals surface area contributed by atoms with Crippen molar-refractivity contribution in [3.8, 4) is 5.75 Å². The molecule has 2 aromatic carbocycles. The molecule has 0 saturated heterocycles. The van der Waals surface area contributed by atoms with Crippen molar-refractivity contribution >= 4 is 23.2 Å².